The molecule has 1 amide bonds. The zero-order valence-electron chi connectivity index (χ0n) is 18.1. The molecule has 0 saturated carbocycles. The maximum Gasteiger partial charge on any atom is 0.265 e. The molecule has 166 valence electrons. The van der Waals surface area contributed by atoms with Crippen LogP contribution in [0, 0.1) is 6.92 Å². The van der Waals surface area contributed by atoms with E-state index in [0.29, 0.717) is 39.4 Å². The average molecular weight is 472 g/mol. The Balaban J connectivity index is 1.61. The molecule has 0 bridgehead atoms. The highest BCUT2D eigenvalue weighted by molar-refractivity contribution is 7.20. The molecule has 4 rings (SSSR count). The maximum absolute atomic E-state index is 13.0. The number of anilines is 1. The van der Waals surface area contributed by atoms with Crippen LogP contribution in [0.5, 0.6) is 17.2 Å². The number of rotatable bonds is 7. The summed E-state index contributed by atoms with van der Waals surface area (Å²) in [6, 6.07) is 12.9. The number of benzene rings is 2. The second kappa shape index (κ2) is 9.10. The number of thiophene rings is 1. The number of amides is 1. The predicted octanol–water partition coefficient (Wildman–Crippen LogP) is 5.39. The van der Waals surface area contributed by atoms with Crippen LogP contribution in [0.4, 0.5) is 5.69 Å². The van der Waals surface area contributed by atoms with E-state index in [4.69, 9.17) is 25.8 Å². The lowest BCUT2D eigenvalue weighted by Crippen LogP contribution is -2.10. The Kier molecular flexibility index (Phi) is 6.25. The van der Waals surface area contributed by atoms with Crippen LogP contribution in [0.2, 0.25) is 5.02 Å². The van der Waals surface area contributed by atoms with Crippen molar-refractivity contribution in [2.45, 2.75) is 13.5 Å². The molecule has 32 heavy (non-hydrogen) atoms. The molecular formula is C23H22ClN3O4S. The summed E-state index contributed by atoms with van der Waals surface area (Å²) in [5.41, 5.74) is 2.49. The Hall–Kier alpha value is -3.23. The molecule has 2 aromatic heterocycles. The van der Waals surface area contributed by atoms with Gasteiger partial charge in [-0.3, -0.25) is 9.48 Å². The Morgan fingerprint density at radius 1 is 1.06 bits per heavy atom. The van der Waals surface area contributed by atoms with Gasteiger partial charge in [-0.2, -0.15) is 5.10 Å². The fourth-order valence-corrected chi connectivity index (χ4v) is 4.62. The van der Waals surface area contributed by atoms with Crippen molar-refractivity contribution in [3.8, 4) is 17.2 Å². The molecule has 0 saturated heterocycles. The summed E-state index contributed by atoms with van der Waals surface area (Å²) in [6.07, 6.45) is 0. The number of carbonyl (C=O) groups excluding carboxylic acids is 1. The number of nitrogens with zero attached hydrogens (tertiary/aromatic N) is 2. The third kappa shape index (κ3) is 4.24. The van der Waals surface area contributed by atoms with Crippen molar-refractivity contribution in [2.24, 2.45) is 0 Å². The van der Waals surface area contributed by atoms with E-state index in [-0.39, 0.29) is 5.91 Å². The van der Waals surface area contributed by atoms with Gasteiger partial charge in [0.1, 0.15) is 4.83 Å². The van der Waals surface area contributed by atoms with Gasteiger partial charge in [0.2, 0.25) is 5.75 Å². The van der Waals surface area contributed by atoms with E-state index in [0.717, 1.165) is 21.5 Å². The van der Waals surface area contributed by atoms with Gasteiger partial charge < -0.3 is 19.5 Å². The number of hydrogen-bond acceptors (Lipinski definition) is 6. The van der Waals surface area contributed by atoms with Gasteiger partial charge in [0.15, 0.2) is 11.5 Å². The van der Waals surface area contributed by atoms with Crippen LogP contribution in [-0.2, 0) is 6.54 Å². The number of carbonyl (C=O) groups is 1. The summed E-state index contributed by atoms with van der Waals surface area (Å²) in [5, 5.41) is 9.20. The standard InChI is InChI=1S/C23H22ClN3O4S/c1-13-17-11-20(32-23(17)27(26-13)12-14-5-7-15(24)8-6-14)22(28)25-16-9-18(29-2)21(31-4)19(10-16)30-3/h5-11H,12H2,1-4H3,(H,25,28). The molecule has 0 spiro atoms. The number of ether oxygens (including phenoxy) is 3. The Bertz CT molecular complexity index is 1260. The van der Waals surface area contributed by atoms with Crippen molar-refractivity contribution in [3.05, 3.63) is 63.6 Å². The molecule has 1 N–H and O–H groups in total. The first-order valence-corrected chi connectivity index (χ1v) is 11.0. The zero-order valence-corrected chi connectivity index (χ0v) is 19.6. The van der Waals surface area contributed by atoms with Crippen LogP contribution < -0.4 is 19.5 Å². The quantitative estimate of drug-likeness (QED) is 0.391. The van der Waals surface area contributed by atoms with Gasteiger partial charge in [-0.05, 0) is 30.7 Å². The minimum absolute atomic E-state index is 0.224. The van der Waals surface area contributed by atoms with Crippen LogP contribution >= 0.6 is 22.9 Å². The number of aromatic nitrogens is 2. The summed E-state index contributed by atoms with van der Waals surface area (Å²) in [6.45, 7) is 2.53. The van der Waals surface area contributed by atoms with Crippen molar-refractivity contribution in [1.82, 2.24) is 9.78 Å². The summed E-state index contributed by atoms with van der Waals surface area (Å²) in [5.74, 6) is 1.17. The van der Waals surface area contributed by atoms with Crippen LogP contribution in [0.3, 0.4) is 0 Å². The summed E-state index contributed by atoms with van der Waals surface area (Å²) >= 11 is 7.38. The highest BCUT2D eigenvalue weighted by Gasteiger charge is 2.19. The summed E-state index contributed by atoms with van der Waals surface area (Å²) < 4.78 is 18.0. The molecule has 0 radical (unpaired) electrons. The van der Waals surface area contributed by atoms with Gasteiger partial charge in [-0.25, -0.2) is 0 Å². The van der Waals surface area contributed by atoms with Gasteiger partial charge >= 0.3 is 0 Å². The van der Waals surface area contributed by atoms with Crippen LogP contribution in [0.15, 0.2) is 42.5 Å². The monoisotopic (exact) mass is 471 g/mol. The first-order chi connectivity index (χ1) is 15.4. The molecule has 0 unspecified atom stereocenters. The Morgan fingerprint density at radius 2 is 1.72 bits per heavy atom. The van der Waals surface area contributed by atoms with Crippen molar-refractivity contribution >= 4 is 44.7 Å². The zero-order chi connectivity index (χ0) is 22.8. The topological polar surface area (TPSA) is 74.6 Å². The fraction of sp³-hybridized carbons (Fsp3) is 0.217. The minimum Gasteiger partial charge on any atom is -0.493 e. The molecule has 9 heteroatoms. The van der Waals surface area contributed by atoms with Crippen molar-refractivity contribution < 1.29 is 19.0 Å². The molecular weight excluding hydrogens is 450 g/mol. The number of aryl methyl sites for hydroxylation is 1. The number of halogens is 1. The van der Waals surface area contributed by atoms with Gasteiger partial charge in [0.05, 0.1) is 38.4 Å². The van der Waals surface area contributed by atoms with Gasteiger partial charge in [-0.1, -0.05) is 23.7 Å². The SMILES string of the molecule is COc1cc(NC(=O)c2cc3c(C)nn(Cc4ccc(Cl)cc4)c3s2)cc(OC)c1OC. The van der Waals surface area contributed by atoms with Crippen molar-refractivity contribution in [3.63, 3.8) is 0 Å². The van der Waals surface area contributed by atoms with Crippen LogP contribution in [0.25, 0.3) is 10.2 Å². The molecule has 0 aliphatic carbocycles. The van der Waals surface area contributed by atoms with Gasteiger partial charge in [0.25, 0.3) is 5.91 Å². The molecule has 4 aromatic rings. The molecule has 2 heterocycles. The van der Waals surface area contributed by atoms with E-state index in [1.54, 1.807) is 12.1 Å². The minimum atomic E-state index is -0.224. The summed E-state index contributed by atoms with van der Waals surface area (Å²) in [7, 11) is 4.60. The number of nitrogens with one attached hydrogen (secondary N) is 1. The second-order valence-electron chi connectivity index (χ2n) is 7.07. The van der Waals surface area contributed by atoms with Crippen molar-refractivity contribution in [2.75, 3.05) is 26.6 Å². The number of methoxy groups -OCH3 is 3. The first-order valence-electron chi connectivity index (χ1n) is 9.76. The molecule has 7 nitrogen and oxygen atoms in total. The molecule has 0 fully saturated rings. The molecule has 2 aromatic carbocycles. The van der Waals surface area contributed by atoms with Crippen molar-refractivity contribution in [1.29, 1.82) is 0 Å². The average Bonchev–Trinajstić information content (AvgIpc) is 3.36. The fourth-order valence-electron chi connectivity index (χ4n) is 3.44. The lowest BCUT2D eigenvalue weighted by Gasteiger charge is -2.14. The lowest BCUT2D eigenvalue weighted by molar-refractivity contribution is 0.103. The van der Waals surface area contributed by atoms with E-state index in [9.17, 15) is 4.79 Å². The highest BCUT2D eigenvalue weighted by atomic mass is 35.5. The smallest absolute Gasteiger partial charge is 0.265 e. The predicted molar refractivity (Wildman–Crippen MR) is 127 cm³/mol. The largest absolute Gasteiger partial charge is 0.493 e. The van der Waals surface area contributed by atoms with Crippen LogP contribution in [0.1, 0.15) is 20.9 Å². The number of hydrogen-bond donors (Lipinski definition) is 1. The van der Waals surface area contributed by atoms with E-state index < -0.39 is 0 Å². The first kappa shape index (κ1) is 22.0. The lowest BCUT2D eigenvalue weighted by atomic mass is 10.2. The van der Waals surface area contributed by atoms with Gasteiger partial charge in [-0.15, -0.1) is 11.3 Å². The molecule has 0 aliphatic heterocycles. The van der Waals surface area contributed by atoms with E-state index in [1.807, 2.05) is 41.9 Å². The Morgan fingerprint density at radius 3 is 2.31 bits per heavy atom. The molecule has 0 atom stereocenters. The molecule has 0 aliphatic rings. The number of fused-ring (bicyclic) bond motifs is 1. The normalized spacial score (nSPS) is 10.9. The Labute approximate surface area is 194 Å². The van der Waals surface area contributed by atoms with E-state index in [2.05, 4.69) is 10.4 Å². The third-order valence-corrected chi connectivity index (χ3v) is 6.40. The van der Waals surface area contributed by atoms with Crippen LogP contribution in [-0.4, -0.2) is 37.0 Å². The summed E-state index contributed by atoms with van der Waals surface area (Å²) in [4.78, 5) is 14.5. The van der Waals surface area contributed by atoms with E-state index >= 15 is 0 Å². The highest BCUT2D eigenvalue weighted by Crippen LogP contribution is 2.40. The maximum atomic E-state index is 13.0. The second-order valence-corrected chi connectivity index (χ2v) is 8.53. The van der Waals surface area contributed by atoms with Gasteiger partial charge in [0, 0.05) is 28.2 Å². The third-order valence-electron chi connectivity index (χ3n) is 5.00. The van der Waals surface area contributed by atoms with E-state index in [1.165, 1.54) is 32.7 Å².